The van der Waals surface area contributed by atoms with Gasteiger partial charge in [0.15, 0.2) is 17.5 Å². The third-order valence-corrected chi connectivity index (χ3v) is 5.22. The van der Waals surface area contributed by atoms with Gasteiger partial charge in [0.25, 0.3) is 0 Å². The van der Waals surface area contributed by atoms with Gasteiger partial charge in [-0.3, -0.25) is 0 Å². The minimum Gasteiger partial charge on any atom is -0.378 e. The number of morpholine rings is 1. The second kappa shape index (κ2) is 7.86. The maximum atomic E-state index is 9.68. The van der Waals surface area contributed by atoms with E-state index in [-0.39, 0.29) is 11.1 Å². The van der Waals surface area contributed by atoms with Crippen molar-refractivity contribution in [3.05, 3.63) is 66.0 Å². The first kappa shape index (κ1) is 18.7. The number of allylic oxidation sites excluding steroid dienone is 2. The van der Waals surface area contributed by atoms with Gasteiger partial charge in [-0.2, -0.15) is 15.2 Å². The Hall–Kier alpha value is -4.27. The maximum Gasteiger partial charge on any atom is 0.182 e. The van der Waals surface area contributed by atoms with Crippen molar-refractivity contribution in [1.29, 1.82) is 10.5 Å². The molecular weight excluding hydrogens is 390 g/mol. The van der Waals surface area contributed by atoms with Gasteiger partial charge < -0.3 is 9.64 Å². The van der Waals surface area contributed by atoms with E-state index in [9.17, 15) is 10.5 Å². The molecule has 0 radical (unpaired) electrons. The molecule has 0 atom stereocenters. The Morgan fingerprint density at radius 3 is 2.29 bits per heavy atom. The number of rotatable bonds is 3. The third-order valence-electron chi connectivity index (χ3n) is 5.22. The molecule has 150 valence electrons. The van der Waals surface area contributed by atoms with Gasteiger partial charge in [-0.15, -0.1) is 5.10 Å². The molecule has 3 aromatic rings. The molecule has 0 spiro atoms. The molecule has 0 unspecified atom stereocenters. The van der Waals surface area contributed by atoms with Gasteiger partial charge in [0, 0.05) is 24.3 Å². The second-order valence-corrected chi connectivity index (χ2v) is 7.06. The van der Waals surface area contributed by atoms with Crippen LogP contribution in [0.2, 0.25) is 0 Å². The van der Waals surface area contributed by atoms with Crippen LogP contribution < -0.4 is 4.90 Å². The first-order valence-electron chi connectivity index (χ1n) is 9.88. The molecule has 8 heteroatoms. The molecule has 2 aliphatic heterocycles. The summed E-state index contributed by atoms with van der Waals surface area (Å²) in [6.07, 6.45) is 0. The van der Waals surface area contributed by atoms with E-state index in [1.165, 1.54) is 4.68 Å². The van der Waals surface area contributed by atoms with E-state index in [1.54, 1.807) is 0 Å². The zero-order valence-electron chi connectivity index (χ0n) is 16.6. The molecule has 1 aromatic heterocycles. The SMILES string of the molecule is N#CC1=C(C#N)c2nc(-c3ccccc3)nn2/C1=N/c1ccc(N2CCOCC2)cc1. The summed E-state index contributed by atoms with van der Waals surface area (Å²) in [5, 5.41) is 23.9. The lowest BCUT2D eigenvalue weighted by Crippen LogP contribution is -2.36. The highest BCUT2D eigenvalue weighted by Crippen LogP contribution is 2.30. The molecule has 2 aliphatic rings. The lowest BCUT2D eigenvalue weighted by Gasteiger charge is -2.28. The van der Waals surface area contributed by atoms with Crippen molar-refractivity contribution in [2.24, 2.45) is 4.99 Å². The lowest BCUT2D eigenvalue weighted by atomic mass is 10.1. The van der Waals surface area contributed by atoms with Crippen molar-refractivity contribution in [2.75, 3.05) is 31.2 Å². The van der Waals surface area contributed by atoms with Crippen molar-refractivity contribution in [1.82, 2.24) is 14.8 Å². The summed E-state index contributed by atoms with van der Waals surface area (Å²) in [4.78, 5) is 11.4. The molecule has 0 aliphatic carbocycles. The predicted molar refractivity (Wildman–Crippen MR) is 116 cm³/mol. The van der Waals surface area contributed by atoms with Crippen LogP contribution in [0.1, 0.15) is 5.82 Å². The standard InChI is InChI=1S/C23H17N7O/c24-14-19-20(15-25)23-27-21(16-4-2-1-3-5-16)28-30(23)22(19)26-17-6-8-18(9-7-17)29-10-12-31-13-11-29/h1-9H,10-13H2/b26-22+. The predicted octanol–water partition coefficient (Wildman–Crippen LogP) is 3.17. The first-order valence-corrected chi connectivity index (χ1v) is 9.88. The molecule has 5 rings (SSSR count). The molecule has 0 saturated carbocycles. The number of ether oxygens (including phenoxy) is 1. The molecule has 0 N–H and O–H groups in total. The van der Waals surface area contributed by atoms with Gasteiger partial charge in [-0.25, -0.2) is 9.98 Å². The molecule has 8 nitrogen and oxygen atoms in total. The van der Waals surface area contributed by atoms with Crippen molar-refractivity contribution < 1.29 is 4.74 Å². The number of anilines is 1. The molecule has 31 heavy (non-hydrogen) atoms. The summed E-state index contributed by atoms with van der Waals surface area (Å²) < 4.78 is 6.89. The van der Waals surface area contributed by atoms with Gasteiger partial charge in [0.05, 0.1) is 18.9 Å². The monoisotopic (exact) mass is 407 g/mol. The number of nitrogens with zero attached hydrogens (tertiary/aromatic N) is 7. The number of nitriles is 2. The van der Waals surface area contributed by atoms with Gasteiger partial charge in [0.1, 0.15) is 23.3 Å². The van der Waals surface area contributed by atoms with Crippen LogP contribution in [-0.2, 0) is 4.74 Å². The third kappa shape index (κ3) is 3.35. The number of fused-ring (bicyclic) bond motifs is 1. The van der Waals surface area contributed by atoms with E-state index in [1.807, 2.05) is 54.6 Å². The minimum absolute atomic E-state index is 0.175. The van der Waals surface area contributed by atoms with Gasteiger partial charge in [-0.1, -0.05) is 30.3 Å². The van der Waals surface area contributed by atoms with Crippen LogP contribution in [0.25, 0.3) is 17.0 Å². The Kier molecular flexibility index (Phi) is 4.75. The quantitative estimate of drug-likeness (QED) is 0.661. The molecule has 1 saturated heterocycles. The Morgan fingerprint density at radius 2 is 1.61 bits per heavy atom. The van der Waals surface area contributed by atoms with Crippen LogP contribution in [0.3, 0.4) is 0 Å². The topological polar surface area (TPSA) is 103 Å². The van der Waals surface area contributed by atoms with Crippen LogP contribution in [0.15, 0.2) is 65.2 Å². The van der Waals surface area contributed by atoms with Gasteiger partial charge in [0.2, 0.25) is 0 Å². The number of hydrogen-bond donors (Lipinski definition) is 0. The van der Waals surface area contributed by atoms with Crippen LogP contribution >= 0.6 is 0 Å². The first-order chi connectivity index (χ1) is 15.3. The Labute approximate surface area is 179 Å². The molecule has 2 aromatic carbocycles. The lowest BCUT2D eigenvalue weighted by molar-refractivity contribution is 0.122. The second-order valence-electron chi connectivity index (χ2n) is 7.06. The zero-order chi connectivity index (χ0) is 21.2. The average molecular weight is 407 g/mol. The smallest absolute Gasteiger partial charge is 0.182 e. The molecule has 0 bridgehead atoms. The highest BCUT2D eigenvalue weighted by Gasteiger charge is 2.32. The Morgan fingerprint density at radius 1 is 0.903 bits per heavy atom. The van der Waals surface area contributed by atoms with Crippen LogP contribution in [0.4, 0.5) is 11.4 Å². The fraction of sp³-hybridized carbons (Fsp3) is 0.174. The number of aliphatic imine (C=N–C) groups is 1. The summed E-state index contributed by atoms with van der Waals surface area (Å²) in [6.45, 7) is 3.14. The number of benzene rings is 2. The summed E-state index contributed by atoms with van der Waals surface area (Å²) in [7, 11) is 0. The van der Waals surface area contributed by atoms with Crippen molar-refractivity contribution in [3.8, 4) is 23.5 Å². The van der Waals surface area contributed by atoms with Crippen LogP contribution in [-0.4, -0.2) is 46.9 Å². The van der Waals surface area contributed by atoms with Crippen LogP contribution in [0, 0.1) is 22.7 Å². The van der Waals surface area contributed by atoms with Crippen molar-refractivity contribution in [3.63, 3.8) is 0 Å². The van der Waals surface area contributed by atoms with E-state index in [2.05, 4.69) is 32.1 Å². The Bertz CT molecular complexity index is 1270. The summed E-state index contributed by atoms with van der Waals surface area (Å²) in [6, 6.07) is 21.5. The normalized spacial score (nSPS) is 16.8. The largest absolute Gasteiger partial charge is 0.378 e. The van der Waals surface area contributed by atoms with E-state index in [0.29, 0.717) is 23.2 Å². The molecular formula is C23H17N7O. The molecule has 0 amide bonds. The Balaban J connectivity index is 1.54. The fourth-order valence-corrected chi connectivity index (χ4v) is 3.66. The number of aromatic nitrogens is 3. The average Bonchev–Trinajstić information content (AvgIpc) is 3.38. The van der Waals surface area contributed by atoms with E-state index >= 15 is 0 Å². The highest BCUT2D eigenvalue weighted by molar-refractivity contribution is 6.16. The molecule has 1 fully saturated rings. The maximum absolute atomic E-state index is 9.68. The van der Waals surface area contributed by atoms with Crippen LogP contribution in [0.5, 0.6) is 0 Å². The summed E-state index contributed by atoms with van der Waals surface area (Å²) in [5.41, 5.74) is 2.95. The summed E-state index contributed by atoms with van der Waals surface area (Å²) in [5.74, 6) is 1.13. The molecule has 3 heterocycles. The van der Waals surface area contributed by atoms with E-state index < -0.39 is 0 Å². The summed E-state index contributed by atoms with van der Waals surface area (Å²) >= 11 is 0. The zero-order valence-corrected chi connectivity index (χ0v) is 16.6. The van der Waals surface area contributed by atoms with Crippen molar-refractivity contribution >= 4 is 22.8 Å². The fourth-order valence-electron chi connectivity index (χ4n) is 3.66. The highest BCUT2D eigenvalue weighted by atomic mass is 16.5. The van der Waals surface area contributed by atoms with E-state index in [0.717, 1.165) is 37.6 Å². The van der Waals surface area contributed by atoms with Crippen molar-refractivity contribution in [2.45, 2.75) is 0 Å². The van der Waals surface area contributed by atoms with Gasteiger partial charge in [-0.05, 0) is 24.3 Å². The minimum atomic E-state index is 0.175. The number of hydrogen-bond acceptors (Lipinski definition) is 7. The van der Waals surface area contributed by atoms with Gasteiger partial charge >= 0.3 is 0 Å². The van der Waals surface area contributed by atoms with E-state index in [4.69, 9.17) is 4.74 Å².